The molecule has 0 amide bonds. The Morgan fingerprint density at radius 3 is 2.94 bits per heavy atom. The Bertz CT molecular complexity index is 360. The smallest absolute Gasteiger partial charge is 0.0400 e. The molecule has 0 aliphatic carbocycles. The second kappa shape index (κ2) is 5.95. The molecular weight excluding hydrogens is 208 g/mol. The molecule has 2 rings (SSSR count). The molecule has 0 aromatic heterocycles. The molecule has 17 heavy (non-hydrogen) atoms. The first kappa shape index (κ1) is 12.3. The Hall–Kier alpha value is -1.18. The topological polar surface area (TPSA) is 29.3 Å². The van der Waals surface area contributed by atoms with Gasteiger partial charge in [-0.2, -0.15) is 0 Å². The quantitative estimate of drug-likeness (QED) is 0.621. The standard InChI is InChI=1S/C15H24N2/c1-2-3-4-5-10-17-11-6-7-13-12-14(16)8-9-15(13)17/h8-9,12H,2-7,10-11,16H2,1H3. The SMILES string of the molecule is CCCCCCN1CCCc2cc(N)ccc21. The molecule has 1 aliphatic rings. The third-order valence-corrected chi connectivity index (χ3v) is 3.60. The molecule has 2 heteroatoms. The molecule has 1 aliphatic heterocycles. The summed E-state index contributed by atoms with van der Waals surface area (Å²) in [5.74, 6) is 0. The van der Waals surface area contributed by atoms with Crippen LogP contribution in [0.1, 0.15) is 44.6 Å². The summed E-state index contributed by atoms with van der Waals surface area (Å²) in [5.41, 5.74) is 9.60. The van der Waals surface area contributed by atoms with E-state index in [-0.39, 0.29) is 0 Å². The van der Waals surface area contributed by atoms with Crippen molar-refractivity contribution in [2.75, 3.05) is 23.7 Å². The highest BCUT2D eigenvalue weighted by molar-refractivity contribution is 5.61. The molecular formula is C15H24N2. The van der Waals surface area contributed by atoms with Crippen LogP contribution < -0.4 is 10.6 Å². The van der Waals surface area contributed by atoms with E-state index in [2.05, 4.69) is 24.0 Å². The van der Waals surface area contributed by atoms with Gasteiger partial charge in [0.05, 0.1) is 0 Å². The molecule has 0 spiro atoms. The van der Waals surface area contributed by atoms with Crippen molar-refractivity contribution in [3.63, 3.8) is 0 Å². The van der Waals surface area contributed by atoms with Crippen molar-refractivity contribution in [3.8, 4) is 0 Å². The zero-order valence-electron chi connectivity index (χ0n) is 10.9. The lowest BCUT2D eigenvalue weighted by Gasteiger charge is -2.31. The maximum absolute atomic E-state index is 5.85. The van der Waals surface area contributed by atoms with Crippen LogP contribution in [0.5, 0.6) is 0 Å². The molecule has 0 bridgehead atoms. The van der Waals surface area contributed by atoms with E-state index in [0.717, 1.165) is 5.69 Å². The molecule has 0 saturated carbocycles. The molecule has 2 nitrogen and oxygen atoms in total. The van der Waals surface area contributed by atoms with Gasteiger partial charge < -0.3 is 10.6 Å². The maximum Gasteiger partial charge on any atom is 0.0400 e. The minimum absolute atomic E-state index is 0.900. The van der Waals surface area contributed by atoms with Crippen LogP contribution >= 0.6 is 0 Å². The number of unbranched alkanes of at least 4 members (excludes halogenated alkanes) is 3. The number of rotatable bonds is 5. The third-order valence-electron chi connectivity index (χ3n) is 3.60. The van der Waals surface area contributed by atoms with Gasteiger partial charge in [-0.1, -0.05) is 26.2 Å². The van der Waals surface area contributed by atoms with E-state index in [1.54, 1.807) is 0 Å². The maximum atomic E-state index is 5.85. The van der Waals surface area contributed by atoms with E-state index in [1.807, 2.05) is 6.07 Å². The monoisotopic (exact) mass is 232 g/mol. The van der Waals surface area contributed by atoms with Gasteiger partial charge in [-0.15, -0.1) is 0 Å². The number of fused-ring (bicyclic) bond motifs is 1. The zero-order chi connectivity index (χ0) is 12.1. The van der Waals surface area contributed by atoms with E-state index in [4.69, 9.17) is 5.73 Å². The van der Waals surface area contributed by atoms with Gasteiger partial charge in [0, 0.05) is 24.5 Å². The van der Waals surface area contributed by atoms with Crippen LogP contribution in [0.25, 0.3) is 0 Å². The first-order chi connectivity index (χ1) is 8.31. The lowest BCUT2D eigenvalue weighted by atomic mass is 10.0. The van der Waals surface area contributed by atoms with Crippen molar-refractivity contribution >= 4 is 11.4 Å². The highest BCUT2D eigenvalue weighted by Crippen LogP contribution is 2.28. The van der Waals surface area contributed by atoms with Crippen LogP contribution in [0.4, 0.5) is 11.4 Å². The average Bonchev–Trinajstić information content (AvgIpc) is 2.34. The molecule has 1 aromatic carbocycles. The molecule has 1 heterocycles. The van der Waals surface area contributed by atoms with Crippen LogP contribution in [0.3, 0.4) is 0 Å². The number of nitrogen functional groups attached to an aromatic ring is 1. The minimum atomic E-state index is 0.900. The van der Waals surface area contributed by atoms with Crippen LogP contribution in [-0.4, -0.2) is 13.1 Å². The second-order valence-electron chi connectivity index (χ2n) is 5.04. The van der Waals surface area contributed by atoms with Gasteiger partial charge in [-0.05, 0) is 43.0 Å². The summed E-state index contributed by atoms with van der Waals surface area (Å²) < 4.78 is 0. The lowest BCUT2D eigenvalue weighted by Crippen LogP contribution is -2.30. The molecule has 94 valence electrons. The van der Waals surface area contributed by atoms with Crippen molar-refractivity contribution in [1.29, 1.82) is 0 Å². The van der Waals surface area contributed by atoms with Crippen LogP contribution in [0, 0.1) is 0 Å². The van der Waals surface area contributed by atoms with Gasteiger partial charge in [-0.25, -0.2) is 0 Å². The van der Waals surface area contributed by atoms with Crippen molar-refractivity contribution in [2.24, 2.45) is 0 Å². The zero-order valence-corrected chi connectivity index (χ0v) is 10.9. The van der Waals surface area contributed by atoms with E-state index < -0.39 is 0 Å². The summed E-state index contributed by atoms with van der Waals surface area (Å²) >= 11 is 0. The average molecular weight is 232 g/mol. The Balaban J connectivity index is 1.97. The van der Waals surface area contributed by atoms with E-state index in [1.165, 1.54) is 62.9 Å². The van der Waals surface area contributed by atoms with Crippen molar-refractivity contribution in [1.82, 2.24) is 0 Å². The van der Waals surface area contributed by atoms with Gasteiger partial charge >= 0.3 is 0 Å². The van der Waals surface area contributed by atoms with Gasteiger partial charge in [0.15, 0.2) is 0 Å². The highest BCUT2D eigenvalue weighted by atomic mass is 15.1. The Morgan fingerprint density at radius 2 is 2.12 bits per heavy atom. The Morgan fingerprint density at radius 1 is 1.24 bits per heavy atom. The van der Waals surface area contributed by atoms with E-state index in [0.29, 0.717) is 0 Å². The minimum Gasteiger partial charge on any atom is -0.399 e. The molecule has 0 saturated heterocycles. The first-order valence-corrected chi connectivity index (χ1v) is 6.94. The number of nitrogens with zero attached hydrogens (tertiary/aromatic N) is 1. The van der Waals surface area contributed by atoms with Crippen molar-refractivity contribution in [2.45, 2.75) is 45.4 Å². The summed E-state index contributed by atoms with van der Waals surface area (Å²) in [5, 5.41) is 0. The van der Waals surface area contributed by atoms with Crippen molar-refractivity contribution < 1.29 is 0 Å². The summed E-state index contributed by atoms with van der Waals surface area (Å²) in [4.78, 5) is 2.54. The number of benzene rings is 1. The van der Waals surface area contributed by atoms with Gasteiger partial charge in [0.1, 0.15) is 0 Å². The lowest BCUT2D eigenvalue weighted by molar-refractivity contribution is 0.619. The summed E-state index contributed by atoms with van der Waals surface area (Å²) in [6, 6.07) is 6.38. The fourth-order valence-electron chi connectivity index (χ4n) is 2.66. The Labute approximate surface area is 105 Å². The second-order valence-corrected chi connectivity index (χ2v) is 5.04. The molecule has 0 atom stereocenters. The molecule has 0 fully saturated rings. The van der Waals surface area contributed by atoms with E-state index >= 15 is 0 Å². The summed E-state index contributed by atoms with van der Waals surface area (Å²) in [6.45, 7) is 4.68. The number of nitrogens with two attached hydrogens (primary N) is 1. The van der Waals surface area contributed by atoms with Crippen molar-refractivity contribution in [3.05, 3.63) is 23.8 Å². The summed E-state index contributed by atoms with van der Waals surface area (Å²) in [6.07, 6.45) is 7.81. The van der Waals surface area contributed by atoms with E-state index in [9.17, 15) is 0 Å². The fraction of sp³-hybridized carbons (Fsp3) is 0.600. The fourth-order valence-corrected chi connectivity index (χ4v) is 2.66. The molecule has 1 aromatic rings. The first-order valence-electron chi connectivity index (χ1n) is 6.94. The normalized spacial score (nSPS) is 14.8. The van der Waals surface area contributed by atoms with Crippen LogP contribution in [0.15, 0.2) is 18.2 Å². The predicted octanol–water partition coefficient (Wildman–Crippen LogP) is 3.60. The number of hydrogen-bond donors (Lipinski definition) is 1. The Kier molecular flexibility index (Phi) is 4.29. The number of hydrogen-bond acceptors (Lipinski definition) is 2. The summed E-state index contributed by atoms with van der Waals surface area (Å²) in [7, 11) is 0. The molecule has 0 unspecified atom stereocenters. The van der Waals surface area contributed by atoms with Crippen LogP contribution in [-0.2, 0) is 6.42 Å². The van der Waals surface area contributed by atoms with Gasteiger partial charge in [0.25, 0.3) is 0 Å². The highest BCUT2D eigenvalue weighted by Gasteiger charge is 2.15. The van der Waals surface area contributed by atoms with Gasteiger partial charge in [-0.3, -0.25) is 0 Å². The van der Waals surface area contributed by atoms with Gasteiger partial charge in [0.2, 0.25) is 0 Å². The predicted molar refractivity (Wildman–Crippen MR) is 75.5 cm³/mol. The third kappa shape index (κ3) is 3.15. The molecule has 2 N–H and O–H groups in total. The largest absolute Gasteiger partial charge is 0.399 e. The number of anilines is 2. The molecule has 0 radical (unpaired) electrons. The van der Waals surface area contributed by atoms with Crippen LogP contribution in [0.2, 0.25) is 0 Å². The number of aryl methyl sites for hydroxylation is 1.